The van der Waals surface area contributed by atoms with Gasteiger partial charge in [-0.15, -0.1) is 0 Å². The Hall–Kier alpha value is -2.87. The van der Waals surface area contributed by atoms with E-state index in [4.69, 9.17) is 10.7 Å². The number of rotatable bonds is 6. The number of benzene rings is 1. The molecule has 29 heavy (non-hydrogen) atoms. The molecule has 1 saturated heterocycles. The standard InChI is InChI=1S/C22H23N5OS/c1-2-17-18(12-23)21(27-10-8-16(25)9-11-27)26-22(19(17)13-24)29-20(14-28)15-6-4-3-5-7-15/h3-7,14,16,20H,2,8-11,25H2,1H3. The van der Waals surface area contributed by atoms with E-state index in [1.165, 1.54) is 11.8 Å². The molecular weight excluding hydrogens is 382 g/mol. The van der Waals surface area contributed by atoms with Crippen LogP contribution >= 0.6 is 11.8 Å². The maximum Gasteiger partial charge on any atom is 0.148 e. The monoisotopic (exact) mass is 405 g/mol. The zero-order valence-corrected chi connectivity index (χ0v) is 17.2. The Morgan fingerprint density at radius 3 is 2.45 bits per heavy atom. The summed E-state index contributed by atoms with van der Waals surface area (Å²) in [7, 11) is 0. The second-order valence-corrected chi connectivity index (χ2v) is 8.09. The Kier molecular flexibility index (Phi) is 6.87. The summed E-state index contributed by atoms with van der Waals surface area (Å²) in [5.41, 5.74) is 8.40. The van der Waals surface area contributed by atoms with E-state index in [0.29, 0.717) is 34.0 Å². The highest BCUT2D eigenvalue weighted by Gasteiger charge is 2.26. The van der Waals surface area contributed by atoms with E-state index in [9.17, 15) is 15.3 Å². The van der Waals surface area contributed by atoms with Crippen LogP contribution in [0.25, 0.3) is 0 Å². The maximum absolute atomic E-state index is 11.8. The molecule has 0 amide bonds. The van der Waals surface area contributed by atoms with Crippen molar-refractivity contribution in [2.24, 2.45) is 5.73 Å². The molecule has 1 aromatic heterocycles. The zero-order chi connectivity index (χ0) is 20.8. The first-order chi connectivity index (χ1) is 14.1. The molecule has 1 aliphatic rings. The molecule has 0 bridgehead atoms. The SMILES string of the molecule is CCc1c(C#N)c(SC(C=O)c2ccccc2)nc(N2CCC(N)CC2)c1C#N. The highest BCUT2D eigenvalue weighted by molar-refractivity contribution is 8.00. The first-order valence-corrected chi connectivity index (χ1v) is 10.5. The fourth-order valence-electron chi connectivity index (χ4n) is 3.55. The molecule has 1 aromatic carbocycles. The molecule has 0 saturated carbocycles. The van der Waals surface area contributed by atoms with Gasteiger partial charge < -0.3 is 15.4 Å². The molecule has 1 aliphatic heterocycles. The fraction of sp³-hybridized carbons (Fsp3) is 0.364. The number of carbonyl (C=O) groups excluding carboxylic acids is 1. The van der Waals surface area contributed by atoms with Crippen molar-refractivity contribution in [3.8, 4) is 12.1 Å². The van der Waals surface area contributed by atoms with Crippen molar-refractivity contribution in [1.29, 1.82) is 10.5 Å². The van der Waals surface area contributed by atoms with Crippen molar-refractivity contribution in [3.63, 3.8) is 0 Å². The molecule has 6 nitrogen and oxygen atoms in total. The van der Waals surface area contributed by atoms with Gasteiger partial charge in [-0.2, -0.15) is 10.5 Å². The summed E-state index contributed by atoms with van der Waals surface area (Å²) in [5, 5.41) is 19.6. The number of aldehydes is 1. The minimum Gasteiger partial charge on any atom is -0.355 e. The van der Waals surface area contributed by atoms with Gasteiger partial charge in [-0.3, -0.25) is 0 Å². The van der Waals surface area contributed by atoms with Crippen molar-refractivity contribution in [1.82, 2.24) is 4.98 Å². The van der Waals surface area contributed by atoms with Crippen molar-refractivity contribution < 1.29 is 4.79 Å². The van der Waals surface area contributed by atoms with Gasteiger partial charge in [-0.25, -0.2) is 4.98 Å². The first kappa shape index (κ1) is 20.9. The number of nitrogens with zero attached hydrogens (tertiary/aromatic N) is 4. The number of carbonyl (C=O) groups is 1. The van der Waals surface area contributed by atoms with Gasteiger partial charge in [-0.05, 0) is 30.4 Å². The van der Waals surface area contributed by atoms with Crippen LogP contribution in [0.1, 0.15) is 47.3 Å². The number of thioether (sulfide) groups is 1. The van der Waals surface area contributed by atoms with Crippen LogP contribution in [0, 0.1) is 22.7 Å². The van der Waals surface area contributed by atoms with Gasteiger partial charge in [0.2, 0.25) is 0 Å². The second kappa shape index (κ2) is 9.56. The summed E-state index contributed by atoms with van der Waals surface area (Å²) in [6.45, 7) is 3.37. The molecule has 2 N–H and O–H groups in total. The van der Waals surface area contributed by atoms with Gasteiger partial charge in [0.15, 0.2) is 0 Å². The number of nitrogens with two attached hydrogens (primary N) is 1. The molecule has 148 valence electrons. The summed E-state index contributed by atoms with van der Waals surface area (Å²) in [5.74, 6) is 0.593. The van der Waals surface area contributed by atoms with E-state index in [-0.39, 0.29) is 6.04 Å². The lowest BCUT2D eigenvalue weighted by molar-refractivity contribution is -0.107. The third-order valence-corrected chi connectivity index (χ3v) is 6.31. The van der Waals surface area contributed by atoms with E-state index in [1.54, 1.807) is 0 Å². The van der Waals surface area contributed by atoms with Gasteiger partial charge in [0.25, 0.3) is 0 Å². The average molecular weight is 406 g/mol. The van der Waals surface area contributed by atoms with Crippen LogP contribution in [0.5, 0.6) is 0 Å². The topological polar surface area (TPSA) is 107 Å². The summed E-state index contributed by atoms with van der Waals surface area (Å²) < 4.78 is 0. The Balaban J connectivity index is 2.08. The van der Waals surface area contributed by atoms with E-state index in [1.807, 2.05) is 37.3 Å². The van der Waals surface area contributed by atoms with Crippen molar-refractivity contribution in [2.45, 2.75) is 42.5 Å². The van der Waals surface area contributed by atoms with Crippen LogP contribution in [0.4, 0.5) is 5.82 Å². The number of pyridine rings is 1. The van der Waals surface area contributed by atoms with Crippen LogP contribution in [-0.4, -0.2) is 30.4 Å². The third-order valence-electron chi connectivity index (χ3n) is 5.16. The lowest BCUT2D eigenvalue weighted by Gasteiger charge is -2.32. The minimum atomic E-state index is -0.476. The van der Waals surface area contributed by atoms with Gasteiger partial charge in [0.1, 0.15) is 29.3 Å². The van der Waals surface area contributed by atoms with Gasteiger partial charge in [0, 0.05) is 19.1 Å². The van der Waals surface area contributed by atoms with Crippen molar-refractivity contribution in [3.05, 3.63) is 52.6 Å². The number of aromatic nitrogens is 1. The molecule has 0 aliphatic carbocycles. The first-order valence-electron chi connectivity index (χ1n) is 9.67. The highest BCUT2D eigenvalue weighted by Crippen LogP contribution is 2.39. The Labute approximate surface area is 175 Å². The lowest BCUT2D eigenvalue weighted by atomic mass is 10.00. The quantitative estimate of drug-likeness (QED) is 0.580. The molecule has 2 heterocycles. The Morgan fingerprint density at radius 1 is 1.24 bits per heavy atom. The van der Waals surface area contributed by atoms with Crippen molar-refractivity contribution >= 4 is 23.9 Å². The number of hydrogen-bond acceptors (Lipinski definition) is 7. The lowest BCUT2D eigenvalue weighted by Crippen LogP contribution is -2.40. The number of piperidine rings is 1. The molecule has 0 radical (unpaired) electrons. The molecule has 3 rings (SSSR count). The third kappa shape index (κ3) is 4.42. The normalized spacial score (nSPS) is 15.4. The summed E-state index contributed by atoms with van der Waals surface area (Å²) in [4.78, 5) is 18.6. The largest absolute Gasteiger partial charge is 0.355 e. The van der Waals surface area contributed by atoms with Crippen LogP contribution in [0.2, 0.25) is 0 Å². The van der Waals surface area contributed by atoms with Crippen LogP contribution in [-0.2, 0) is 11.2 Å². The summed E-state index contributed by atoms with van der Waals surface area (Å²) in [6, 6.07) is 14.1. The van der Waals surface area contributed by atoms with E-state index in [2.05, 4.69) is 17.0 Å². The summed E-state index contributed by atoms with van der Waals surface area (Å²) >= 11 is 1.26. The van der Waals surface area contributed by atoms with Crippen molar-refractivity contribution in [2.75, 3.05) is 18.0 Å². The van der Waals surface area contributed by atoms with Gasteiger partial charge >= 0.3 is 0 Å². The number of anilines is 1. The predicted molar refractivity (Wildman–Crippen MR) is 114 cm³/mol. The second-order valence-electron chi connectivity index (χ2n) is 6.96. The van der Waals surface area contributed by atoms with Crippen LogP contribution in [0.3, 0.4) is 0 Å². The number of hydrogen-bond donors (Lipinski definition) is 1. The highest BCUT2D eigenvalue weighted by atomic mass is 32.2. The van der Waals surface area contributed by atoms with E-state index < -0.39 is 5.25 Å². The molecular formula is C22H23N5OS. The predicted octanol–water partition coefficient (Wildman–Crippen LogP) is 3.35. The molecule has 7 heteroatoms. The Morgan fingerprint density at radius 2 is 1.90 bits per heavy atom. The van der Waals surface area contributed by atoms with E-state index >= 15 is 0 Å². The maximum atomic E-state index is 11.8. The van der Waals surface area contributed by atoms with Gasteiger partial charge in [0.05, 0.1) is 16.4 Å². The average Bonchev–Trinajstić information content (AvgIpc) is 2.77. The number of nitriles is 2. The minimum absolute atomic E-state index is 0.159. The van der Waals surface area contributed by atoms with E-state index in [0.717, 1.165) is 37.8 Å². The molecule has 1 fully saturated rings. The van der Waals surface area contributed by atoms with Crippen LogP contribution in [0.15, 0.2) is 35.4 Å². The fourth-order valence-corrected chi connectivity index (χ4v) is 4.56. The zero-order valence-electron chi connectivity index (χ0n) is 16.3. The molecule has 0 spiro atoms. The molecule has 1 atom stereocenters. The molecule has 1 unspecified atom stereocenters. The molecule has 2 aromatic rings. The smallest absolute Gasteiger partial charge is 0.148 e. The van der Waals surface area contributed by atoms with Crippen LogP contribution < -0.4 is 10.6 Å². The van der Waals surface area contributed by atoms with Gasteiger partial charge in [-0.1, -0.05) is 49.0 Å². The summed E-state index contributed by atoms with van der Waals surface area (Å²) in [6.07, 6.45) is 3.07. The Bertz CT molecular complexity index is 956.